The fraction of sp³-hybridized carbons (Fsp3) is 0.111. The van der Waals surface area contributed by atoms with Gasteiger partial charge in [-0.3, -0.25) is 10.1 Å². The van der Waals surface area contributed by atoms with Crippen molar-refractivity contribution >= 4 is 11.8 Å². The molecule has 0 amide bonds. The molecule has 0 saturated heterocycles. The van der Waals surface area contributed by atoms with Crippen LogP contribution in [0, 0.1) is 15.9 Å². The minimum atomic E-state index is -0.670. The molecule has 6 nitrogen and oxygen atoms in total. The van der Waals surface area contributed by atoms with Gasteiger partial charge in [0.2, 0.25) is 0 Å². The minimum absolute atomic E-state index is 0.0883. The number of hydrogen-bond donors (Lipinski definition) is 0. The molecule has 0 atom stereocenters. The summed E-state index contributed by atoms with van der Waals surface area (Å²) in [7, 11) is 0. The molecule has 0 spiro atoms. The van der Waals surface area contributed by atoms with E-state index in [0.717, 1.165) is 12.1 Å². The SMILES string of the molecule is [N-]=[N+]=NCC=Cc1ccc(F)cc1[N+](=O)[O-]. The number of nitrogens with zero attached hydrogens (tertiary/aromatic N) is 4. The third-order valence-electron chi connectivity index (χ3n) is 1.74. The van der Waals surface area contributed by atoms with E-state index in [4.69, 9.17) is 5.53 Å². The molecule has 82 valence electrons. The Morgan fingerprint density at radius 2 is 2.38 bits per heavy atom. The van der Waals surface area contributed by atoms with E-state index >= 15 is 0 Å². The molecule has 0 aliphatic rings. The third-order valence-corrected chi connectivity index (χ3v) is 1.74. The molecule has 0 aliphatic heterocycles. The molecule has 1 aromatic carbocycles. The fourth-order valence-corrected chi connectivity index (χ4v) is 1.08. The number of rotatable bonds is 4. The Labute approximate surface area is 89.8 Å². The van der Waals surface area contributed by atoms with E-state index in [9.17, 15) is 14.5 Å². The molecule has 1 aromatic rings. The second kappa shape index (κ2) is 5.47. The largest absolute Gasteiger partial charge is 0.279 e. The first-order valence-corrected chi connectivity index (χ1v) is 4.26. The number of nitro benzene ring substituents is 1. The molecule has 7 heteroatoms. The van der Waals surface area contributed by atoms with Gasteiger partial charge in [0.1, 0.15) is 5.82 Å². The lowest BCUT2D eigenvalue weighted by Crippen LogP contribution is -1.92. The maximum atomic E-state index is 12.8. The van der Waals surface area contributed by atoms with Crippen molar-refractivity contribution in [2.45, 2.75) is 0 Å². The molecule has 0 heterocycles. The van der Waals surface area contributed by atoms with Crippen molar-refractivity contribution in [2.24, 2.45) is 5.11 Å². The summed E-state index contributed by atoms with van der Waals surface area (Å²) in [6.45, 7) is 0.0883. The lowest BCUT2D eigenvalue weighted by Gasteiger charge is -1.96. The van der Waals surface area contributed by atoms with Crippen LogP contribution in [-0.4, -0.2) is 11.5 Å². The first kappa shape index (κ1) is 11.7. The van der Waals surface area contributed by atoms with Crippen molar-refractivity contribution in [1.29, 1.82) is 0 Å². The van der Waals surface area contributed by atoms with E-state index in [1.54, 1.807) is 0 Å². The van der Waals surface area contributed by atoms with Crippen molar-refractivity contribution in [2.75, 3.05) is 6.54 Å². The van der Waals surface area contributed by atoms with Crippen molar-refractivity contribution in [1.82, 2.24) is 0 Å². The van der Waals surface area contributed by atoms with Gasteiger partial charge >= 0.3 is 0 Å². The highest BCUT2D eigenvalue weighted by Crippen LogP contribution is 2.20. The molecule has 0 radical (unpaired) electrons. The number of benzene rings is 1. The standard InChI is InChI=1S/C9H7FN4O2/c10-8-4-3-7(2-1-5-12-13-11)9(6-8)14(15)16/h1-4,6H,5H2. The molecule has 1 rings (SSSR count). The topological polar surface area (TPSA) is 91.9 Å². The van der Waals surface area contributed by atoms with E-state index in [-0.39, 0.29) is 17.8 Å². The van der Waals surface area contributed by atoms with Crippen LogP contribution in [0.5, 0.6) is 0 Å². The van der Waals surface area contributed by atoms with Crippen LogP contribution in [0.1, 0.15) is 5.56 Å². The Bertz CT molecular complexity index is 480. The highest BCUT2D eigenvalue weighted by Gasteiger charge is 2.11. The smallest absolute Gasteiger partial charge is 0.258 e. The summed E-state index contributed by atoms with van der Waals surface area (Å²) >= 11 is 0. The van der Waals surface area contributed by atoms with E-state index in [1.165, 1.54) is 18.2 Å². The molecule has 0 saturated carbocycles. The molecule has 0 fully saturated rings. The van der Waals surface area contributed by atoms with Gasteiger partial charge in [-0.1, -0.05) is 17.3 Å². The zero-order valence-corrected chi connectivity index (χ0v) is 8.08. The quantitative estimate of drug-likeness (QED) is 0.257. The average molecular weight is 222 g/mol. The summed E-state index contributed by atoms with van der Waals surface area (Å²) in [5.41, 5.74) is 7.95. The number of azide groups is 1. The first-order chi connectivity index (χ1) is 7.65. The van der Waals surface area contributed by atoms with E-state index in [2.05, 4.69) is 10.0 Å². The zero-order valence-electron chi connectivity index (χ0n) is 8.08. The summed E-state index contributed by atoms with van der Waals surface area (Å²) in [6.07, 6.45) is 2.87. The normalized spacial score (nSPS) is 10.1. The Morgan fingerprint density at radius 1 is 1.62 bits per heavy atom. The molecule has 0 bridgehead atoms. The number of hydrogen-bond acceptors (Lipinski definition) is 3. The van der Waals surface area contributed by atoms with Gasteiger partial charge in [-0.25, -0.2) is 4.39 Å². The average Bonchev–Trinajstić information content (AvgIpc) is 2.26. The Kier molecular flexibility index (Phi) is 3.99. The van der Waals surface area contributed by atoms with Gasteiger partial charge in [0, 0.05) is 11.5 Å². The van der Waals surface area contributed by atoms with Crippen LogP contribution in [0.25, 0.3) is 16.5 Å². The van der Waals surface area contributed by atoms with E-state index < -0.39 is 10.7 Å². The van der Waals surface area contributed by atoms with Crippen molar-refractivity contribution in [3.8, 4) is 0 Å². The van der Waals surface area contributed by atoms with Gasteiger partial charge in [-0.15, -0.1) is 0 Å². The highest BCUT2D eigenvalue weighted by molar-refractivity contribution is 5.60. The van der Waals surface area contributed by atoms with Crippen LogP contribution in [-0.2, 0) is 0 Å². The molecular weight excluding hydrogens is 215 g/mol. The lowest BCUT2D eigenvalue weighted by atomic mass is 10.1. The van der Waals surface area contributed by atoms with Crippen LogP contribution >= 0.6 is 0 Å². The van der Waals surface area contributed by atoms with Gasteiger partial charge < -0.3 is 0 Å². The monoisotopic (exact) mass is 222 g/mol. The Hall–Kier alpha value is -2.40. The van der Waals surface area contributed by atoms with E-state index in [1.807, 2.05) is 0 Å². The van der Waals surface area contributed by atoms with Gasteiger partial charge in [-0.2, -0.15) is 0 Å². The molecule has 0 aliphatic carbocycles. The predicted octanol–water partition coefficient (Wildman–Crippen LogP) is 3.06. The van der Waals surface area contributed by atoms with E-state index in [0.29, 0.717) is 0 Å². The van der Waals surface area contributed by atoms with Crippen LogP contribution in [0.15, 0.2) is 29.4 Å². The second-order valence-corrected chi connectivity index (χ2v) is 2.78. The first-order valence-electron chi connectivity index (χ1n) is 4.26. The summed E-state index contributed by atoms with van der Waals surface area (Å²) in [5.74, 6) is -0.668. The molecule has 16 heavy (non-hydrogen) atoms. The second-order valence-electron chi connectivity index (χ2n) is 2.78. The summed E-state index contributed by atoms with van der Waals surface area (Å²) in [6, 6.07) is 3.26. The lowest BCUT2D eigenvalue weighted by molar-refractivity contribution is -0.385. The maximum Gasteiger partial charge on any atom is 0.279 e. The van der Waals surface area contributed by atoms with Crippen LogP contribution in [0.2, 0.25) is 0 Å². The van der Waals surface area contributed by atoms with Gasteiger partial charge in [0.15, 0.2) is 0 Å². The summed E-state index contributed by atoms with van der Waals surface area (Å²) < 4.78 is 12.8. The van der Waals surface area contributed by atoms with Crippen LogP contribution in [0.3, 0.4) is 0 Å². The Balaban J connectivity index is 2.99. The van der Waals surface area contributed by atoms with Gasteiger partial charge in [0.25, 0.3) is 5.69 Å². The van der Waals surface area contributed by atoms with Crippen molar-refractivity contribution < 1.29 is 9.31 Å². The predicted molar refractivity (Wildman–Crippen MR) is 56.1 cm³/mol. The Morgan fingerprint density at radius 3 is 3.00 bits per heavy atom. The highest BCUT2D eigenvalue weighted by atomic mass is 19.1. The fourth-order valence-electron chi connectivity index (χ4n) is 1.08. The molecular formula is C9H7FN4O2. The van der Waals surface area contributed by atoms with Gasteiger partial charge in [0.05, 0.1) is 16.6 Å². The van der Waals surface area contributed by atoms with Crippen LogP contribution in [0.4, 0.5) is 10.1 Å². The zero-order chi connectivity index (χ0) is 12.0. The molecule has 0 N–H and O–H groups in total. The maximum absolute atomic E-state index is 12.8. The number of halogens is 1. The molecule has 0 unspecified atom stereocenters. The third kappa shape index (κ3) is 3.07. The van der Waals surface area contributed by atoms with Gasteiger partial charge in [-0.05, 0) is 17.7 Å². The van der Waals surface area contributed by atoms with Crippen LogP contribution < -0.4 is 0 Å². The number of nitro groups is 1. The molecule has 0 aromatic heterocycles. The van der Waals surface area contributed by atoms with Crippen molar-refractivity contribution in [3.63, 3.8) is 0 Å². The minimum Gasteiger partial charge on any atom is -0.258 e. The van der Waals surface area contributed by atoms with Crippen molar-refractivity contribution in [3.05, 3.63) is 56.2 Å². The summed E-state index contributed by atoms with van der Waals surface area (Å²) in [4.78, 5) is 12.4. The summed E-state index contributed by atoms with van der Waals surface area (Å²) in [5, 5.41) is 13.8.